The van der Waals surface area contributed by atoms with E-state index in [0.717, 1.165) is 6.42 Å². The van der Waals surface area contributed by atoms with Gasteiger partial charge in [-0.3, -0.25) is 4.57 Å². The molecule has 0 amide bonds. The molecule has 0 saturated heterocycles. The van der Waals surface area contributed by atoms with E-state index in [4.69, 9.17) is 11.6 Å². The third-order valence-corrected chi connectivity index (χ3v) is 2.50. The molecule has 0 aliphatic heterocycles. The van der Waals surface area contributed by atoms with E-state index in [-0.39, 0.29) is 17.6 Å². The molecule has 0 spiro atoms. The van der Waals surface area contributed by atoms with Crippen molar-refractivity contribution in [2.45, 2.75) is 38.8 Å². The van der Waals surface area contributed by atoms with E-state index in [1.165, 1.54) is 10.8 Å². The molecule has 1 unspecified atom stereocenters. The van der Waals surface area contributed by atoms with Crippen LogP contribution in [0.4, 0.5) is 5.82 Å². The van der Waals surface area contributed by atoms with Gasteiger partial charge in [-0.05, 0) is 34.9 Å². The average molecular weight is 248 g/mol. The predicted molar refractivity (Wildman–Crippen MR) is 59.4 cm³/mol. The molecule has 1 N–H and O–H groups in total. The highest BCUT2D eigenvalue weighted by Gasteiger charge is 2.25. The van der Waals surface area contributed by atoms with E-state index in [2.05, 4.69) is 4.98 Å². The van der Waals surface area contributed by atoms with Crippen molar-refractivity contribution in [2.24, 2.45) is 0 Å². The monoisotopic (exact) mass is 247 g/mol. The summed E-state index contributed by atoms with van der Waals surface area (Å²) in [6.07, 6.45) is 2.64. The van der Waals surface area contributed by atoms with E-state index >= 15 is 0 Å². The Morgan fingerprint density at radius 2 is 2.38 bits per heavy atom. The molecule has 0 fully saturated rings. The van der Waals surface area contributed by atoms with Crippen LogP contribution in [0.25, 0.3) is 0 Å². The summed E-state index contributed by atoms with van der Waals surface area (Å²) in [6, 6.07) is 0. The average Bonchev–Trinajstić information content (AvgIpc) is 2.47. The summed E-state index contributed by atoms with van der Waals surface area (Å²) in [5.41, 5.74) is -0.938. The van der Waals surface area contributed by atoms with Gasteiger partial charge in [0.05, 0.1) is 12.1 Å². The Balaban J connectivity index is 2.85. The summed E-state index contributed by atoms with van der Waals surface area (Å²) >= 11 is 5.73. The highest BCUT2D eigenvalue weighted by atomic mass is 35.5. The third kappa shape index (κ3) is 3.18. The fraction of sp³-hybridized carbons (Fsp3) is 0.667. The maximum Gasteiger partial charge on any atom is 0.383 e. The van der Waals surface area contributed by atoms with Crippen LogP contribution in [0.3, 0.4) is 0 Å². The molecule has 6 nitrogen and oxygen atoms in total. The van der Waals surface area contributed by atoms with Crippen molar-refractivity contribution in [3.05, 3.63) is 21.6 Å². The molecule has 0 bridgehead atoms. The lowest BCUT2D eigenvalue weighted by molar-refractivity contribution is -0.389. The first-order chi connectivity index (χ1) is 7.35. The molecule has 0 aromatic carbocycles. The molecular formula is C9H14ClN3O3. The van der Waals surface area contributed by atoms with Crippen LogP contribution < -0.4 is 0 Å². The van der Waals surface area contributed by atoms with E-state index in [0.29, 0.717) is 6.42 Å². The van der Waals surface area contributed by atoms with Gasteiger partial charge >= 0.3 is 11.1 Å². The van der Waals surface area contributed by atoms with E-state index < -0.39 is 10.5 Å². The molecule has 1 aromatic heterocycles. The molecule has 0 radical (unpaired) electrons. The number of halogens is 1. The third-order valence-electron chi connectivity index (χ3n) is 2.20. The second kappa shape index (κ2) is 4.80. The Kier molecular flexibility index (Phi) is 3.88. The minimum atomic E-state index is -0.938. The van der Waals surface area contributed by atoms with Crippen LogP contribution in [0.2, 0.25) is 5.28 Å². The second-order valence-electron chi connectivity index (χ2n) is 4.00. The van der Waals surface area contributed by atoms with Gasteiger partial charge < -0.3 is 15.2 Å². The van der Waals surface area contributed by atoms with E-state index in [9.17, 15) is 15.2 Å². The maximum atomic E-state index is 10.5. The normalized spacial score (nSPS) is 14.8. The van der Waals surface area contributed by atoms with Crippen LogP contribution in [0.1, 0.15) is 26.7 Å². The number of hydrogen-bond donors (Lipinski definition) is 1. The summed E-state index contributed by atoms with van der Waals surface area (Å²) in [4.78, 5) is 13.4. The SMILES string of the molecule is CCCC(C)(O)Cn1cc([N+](=O)[O-])nc1Cl. The molecule has 90 valence electrons. The molecule has 1 atom stereocenters. The van der Waals surface area contributed by atoms with Crippen molar-refractivity contribution in [1.29, 1.82) is 0 Å². The zero-order valence-corrected chi connectivity index (χ0v) is 9.94. The number of aromatic nitrogens is 2. The molecule has 1 rings (SSSR count). The van der Waals surface area contributed by atoms with Gasteiger partial charge in [0.1, 0.15) is 6.20 Å². The summed E-state index contributed by atoms with van der Waals surface area (Å²) in [5, 5.41) is 20.4. The van der Waals surface area contributed by atoms with Gasteiger partial charge in [-0.1, -0.05) is 13.3 Å². The topological polar surface area (TPSA) is 81.2 Å². The summed E-state index contributed by atoms with van der Waals surface area (Å²) < 4.78 is 1.38. The molecule has 1 heterocycles. The van der Waals surface area contributed by atoms with Gasteiger partial charge in [0.15, 0.2) is 0 Å². The van der Waals surface area contributed by atoms with Crippen molar-refractivity contribution >= 4 is 17.4 Å². The van der Waals surface area contributed by atoms with Crippen molar-refractivity contribution in [3.8, 4) is 0 Å². The molecule has 16 heavy (non-hydrogen) atoms. The number of rotatable bonds is 5. The Morgan fingerprint density at radius 3 is 2.81 bits per heavy atom. The Bertz CT molecular complexity index is 389. The smallest absolute Gasteiger partial charge is 0.383 e. The van der Waals surface area contributed by atoms with Gasteiger partial charge in [-0.25, -0.2) is 0 Å². The van der Waals surface area contributed by atoms with Crippen LogP contribution in [-0.2, 0) is 6.54 Å². The van der Waals surface area contributed by atoms with Gasteiger partial charge in [0.25, 0.3) is 0 Å². The van der Waals surface area contributed by atoms with Crippen LogP contribution >= 0.6 is 11.6 Å². The summed E-state index contributed by atoms with van der Waals surface area (Å²) in [5.74, 6) is -0.308. The largest absolute Gasteiger partial charge is 0.388 e. The van der Waals surface area contributed by atoms with Gasteiger partial charge in [0, 0.05) is 0 Å². The lowest BCUT2D eigenvalue weighted by Crippen LogP contribution is -2.29. The number of nitrogens with zero attached hydrogens (tertiary/aromatic N) is 3. The Morgan fingerprint density at radius 1 is 1.75 bits per heavy atom. The Labute approximate surface area is 98.0 Å². The van der Waals surface area contributed by atoms with Gasteiger partial charge in [0.2, 0.25) is 0 Å². The van der Waals surface area contributed by atoms with Crippen molar-refractivity contribution in [1.82, 2.24) is 9.55 Å². The number of hydrogen-bond acceptors (Lipinski definition) is 4. The van der Waals surface area contributed by atoms with Crippen molar-refractivity contribution in [2.75, 3.05) is 0 Å². The van der Waals surface area contributed by atoms with Crippen LogP contribution in [0, 0.1) is 10.1 Å². The minimum absolute atomic E-state index is 0.0167. The lowest BCUT2D eigenvalue weighted by Gasteiger charge is -2.22. The van der Waals surface area contributed by atoms with Crippen LogP contribution in [0.5, 0.6) is 0 Å². The van der Waals surface area contributed by atoms with Gasteiger partial charge in [-0.2, -0.15) is 0 Å². The Hall–Kier alpha value is -1.14. The molecule has 1 aromatic rings. The molecule has 7 heteroatoms. The molecular weight excluding hydrogens is 234 g/mol. The lowest BCUT2D eigenvalue weighted by atomic mass is 10.0. The first kappa shape index (κ1) is 12.9. The predicted octanol–water partition coefficient (Wildman–Crippen LogP) is 2.00. The zero-order valence-electron chi connectivity index (χ0n) is 9.18. The van der Waals surface area contributed by atoms with Crippen molar-refractivity contribution in [3.63, 3.8) is 0 Å². The quantitative estimate of drug-likeness (QED) is 0.637. The summed E-state index contributed by atoms with van der Waals surface area (Å²) in [7, 11) is 0. The second-order valence-corrected chi connectivity index (χ2v) is 4.34. The highest BCUT2D eigenvalue weighted by molar-refractivity contribution is 6.28. The zero-order chi connectivity index (χ0) is 12.3. The molecule has 0 saturated carbocycles. The van der Waals surface area contributed by atoms with E-state index in [1.807, 2.05) is 6.92 Å². The van der Waals surface area contributed by atoms with Crippen LogP contribution in [0.15, 0.2) is 6.20 Å². The van der Waals surface area contributed by atoms with Gasteiger partial charge in [-0.15, -0.1) is 0 Å². The number of nitro groups is 1. The van der Waals surface area contributed by atoms with Crippen LogP contribution in [-0.4, -0.2) is 25.2 Å². The fourth-order valence-electron chi connectivity index (χ4n) is 1.56. The minimum Gasteiger partial charge on any atom is -0.388 e. The first-order valence-corrected chi connectivity index (χ1v) is 5.33. The van der Waals surface area contributed by atoms with E-state index in [1.54, 1.807) is 6.92 Å². The highest BCUT2D eigenvalue weighted by Crippen LogP contribution is 2.21. The molecule has 0 aliphatic rings. The standard InChI is InChI=1S/C9H14ClN3O3/c1-3-4-9(2,14)6-12-5-7(13(15)16)11-8(12)10/h5,14H,3-4,6H2,1-2H3. The maximum absolute atomic E-state index is 10.5. The first-order valence-electron chi connectivity index (χ1n) is 4.95. The summed E-state index contributed by atoms with van der Waals surface area (Å²) in [6.45, 7) is 3.81. The number of aliphatic hydroxyl groups is 1. The fourth-order valence-corrected chi connectivity index (χ4v) is 1.76. The molecule has 0 aliphatic carbocycles. The number of imidazole rings is 1. The van der Waals surface area contributed by atoms with Crippen molar-refractivity contribution < 1.29 is 10.0 Å².